The highest BCUT2D eigenvalue weighted by molar-refractivity contribution is 9.10. The molecular weight excluding hydrogens is 421 g/mol. The predicted molar refractivity (Wildman–Crippen MR) is 114 cm³/mol. The summed E-state index contributed by atoms with van der Waals surface area (Å²) in [6.45, 7) is 2.10. The lowest BCUT2D eigenvalue weighted by Gasteiger charge is -2.15. The summed E-state index contributed by atoms with van der Waals surface area (Å²) in [5.41, 5.74) is 3.62. The Morgan fingerprint density at radius 3 is 2.64 bits per heavy atom. The summed E-state index contributed by atoms with van der Waals surface area (Å²) >= 11 is 3.64. The van der Waals surface area contributed by atoms with Gasteiger partial charge in [0, 0.05) is 11.0 Å². The van der Waals surface area contributed by atoms with E-state index in [0.717, 1.165) is 35.1 Å². The molecule has 0 heterocycles. The zero-order valence-electron chi connectivity index (χ0n) is 16.3. The summed E-state index contributed by atoms with van der Waals surface area (Å²) < 4.78 is 25.4. The number of methoxy groups -OCH3 is 1. The average molecular weight is 448 g/mol. The van der Waals surface area contributed by atoms with Crippen LogP contribution in [0.2, 0.25) is 0 Å². The van der Waals surface area contributed by atoms with E-state index in [2.05, 4.69) is 27.3 Å². The molecule has 0 saturated carbocycles. The van der Waals surface area contributed by atoms with Crippen LogP contribution in [0.25, 0.3) is 0 Å². The lowest BCUT2D eigenvalue weighted by Crippen LogP contribution is -2.16. The summed E-state index contributed by atoms with van der Waals surface area (Å²) in [6.07, 6.45) is 8.66. The van der Waals surface area contributed by atoms with Crippen molar-refractivity contribution >= 4 is 15.9 Å². The van der Waals surface area contributed by atoms with Crippen molar-refractivity contribution in [3.8, 4) is 11.5 Å². The molecule has 0 unspecified atom stereocenters. The Morgan fingerprint density at radius 1 is 1.11 bits per heavy atom. The molecule has 5 heteroatoms. The highest BCUT2D eigenvalue weighted by Gasteiger charge is 2.11. The molecule has 1 aliphatic rings. The Morgan fingerprint density at radius 2 is 1.93 bits per heavy atom. The Kier molecular flexibility index (Phi) is 7.92. The highest BCUT2D eigenvalue weighted by Crippen LogP contribution is 2.34. The topological polar surface area (TPSA) is 30.5 Å². The molecule has 2 aromatic rings. The predicted octanol–water partition coefficient (Wildman–Crippen LogP) is 6.16. The summed E-state index contributed by atoms with van der Waals surface area (Å²) in [5.74, 6) is 1.10. The molecule has 0 atom stereocenters. The molecule has 0 amide bonds. The minimum atomic E-state index is -0.249. The van der Waals surface area contributed by atoms with E-state index in [1.54, 1.807) is 24.8 Å². The SMILES string of the molecule is COc1cc(CNCCC2=CCCCC2)c(Br)cc1OCc1ccc(F)cc1. The molecule has 0 spiro atoms. The number of rotatable bonds is 9. The van der Waals surface area contributed by atoms with Crippen LogP contribution in [0.5, 0.6) is 11.5 Å². The van der Waals surface area contributed by atoms with Gasteiger partial charge >= 0.3 is 0 Å². The van der Waals surface area contributed by atoms with Crippen LogP contribution in [0.3, 0.4) is 0 Å². The average Bonchev–Trinajstić information content (AvgIpc) is 2.72. The number of hydrogen-bond donors (Lipinski definition) is 1. The number of hydrogen-bond acceptors (Lipinski definition) is 3. The van der Waals surface area contributed by atoms with Crippen LogP contribution in [-0.4, -0.2) is 13.7 Å². The number of allylic oxidation sites excluding steroid dienone is 1. The van der Waals surface area contributed by atoms with Crippen molar-refractivity contribution in [1.29, 1.82) is 0 Å². The van der Waals surface area contributed by atoms with E-state index in [1.165, 1.54) is 37.8 Å². The second kappa shape index (κ2) is 10.6. The first-order valence-corrected chi connectivity index (χ1v) is 10.6. The third-order valence-electron chi connectivity index (χ3n) is 4.96. The molecule has 3 nitrogen and oxygen atoms in total. The maximum atomic E-state index is 13.0. The van der Waals surface area contributed by atoms with Gasteiger partial charge in [-0.05, 0) is 74.0 Å². The van der Waals surface area contributed by atoms with Crippen LogP contribution in [0.15, 0.2) is 52.5 Å². The first kappa shape index (κ1) is 20.9. The Balaban J connectivity index is 1.55. The molecule has 2 aromatic carbocycles. The van der Waals surface area contributed by atoms with Gasteiger partial charge in [-0.2, -0.15) is 0 Å². The molecule has 150 valence electrons. The Labute approximate surface area is 175 Å². The quantitative estimate of drug-likeness (QED) is 0.368. The standard InChI is InChI=1S/C23H27BrFNO2/c1-27-22-13-19(15-26-12-11-17-5-3-2-4-6-17)21(24)14-23(22)28-16-18-7-9-20(25)10-8-18/h5,7-10,13-14,26H,2-4,6,11-12,15-16H2,1H3. The van der Waals surface area contributed by atoms with Crippen LogP contribution in [0, 0.1) is 5.82 Å². The van der Waals surface area contributed by atoms with Gasteiger partial charge in [0.15, 0.2) is 11.5 Å². The van der Waals surface area contributed by atoms with Gasteiger partial charge in [0.05, 0.1) is 7.11 Å². The number of nitrogens with one attached hydrogen (secondary N) is 1. The number of ether oxygens (including phenoxy) is 2. The normalized spacial score (nSPS) is 13.9. The summed E-state index contributed by atoms with van der Waals surface area (Å²) in [6, 6.07) is 10.2. The van der Waals surface area contributed by atoms with E-state index in [4.69, 9.17) is 9.47 Å². The lowest BCUT2D eigenvalue weighted by atomic mass is 9.97. The first-order valence-electron chi connectivity index (χ1n) is 9.78. The van der Waals surface area contributed by atoms with Gasteiger partial charge in [-0.1, -0.05) is 39.7 Å². The number of halogens is 2. The van der Waals surface area contributed by atoms with Gasteiger partial charge < -0.3 is 14.8 Å². The van der Waals surface area contributed by atoms with Crippen LogP contribution in [0.4, 0.5) is 4.39 Å². The smallest absolute Gasteiger partial charge is 0.162 e. The van der Waals surface area contributed by atoms with Gasteiger partial charge in [0.2, 0.25) is 0 Å². The molecule has 3 rings (SSSR count). The zero-order chi connectivity index (χ0) is 19.8. The Bertz CT molecular complexity index is 805. The summed E-state index contributed by atoms with van der Waals surface area (Å²) in [4.78, 5) is 0. The molecule has 1 aliphatic carbocycles. The Hall–Kier alpha value is -1.85. The first-order chi connectivity index (χ1) is 13.7. The highest BCUT2D eigenvalue weighted by atomic mass is 79.9. The van der Waals surface area contributed by atoms with Gasteiger partial charge in [-0.3, -0.25) is 0 Å². The van der Waals surface area contributed by atoms with E-state index in [0.29, 0.717) is 18.1 Å². The fraction of sp³-hybridized carbons (Fsp3) is 0.391. The van der Waals surface area contributed by atoms with Gasteiger partial charge in [0.25, 0.3) is 0 Å². The maximum Gasteiger partial charge on any atom is 0.162 e. The molecular formula is C23H27BrFNO2. The minimum absolute atomic E-state index is 0.249. The van der Waals surface area contributed by atoms with Crippen LogP contribution in [-0.2, 0) is 13.2 Å². The molecule has 0 radical (unpaired) electrons. The summed E-state index contributed by atoms with van der Waals surface area (Å²) in [5, 5.41) is 3.52. The third-order valence-corrected chi connectivity index (χ3v) is 5.70. The van der Waals surface area contributed by atoms with E-state index in [-0.39, 0.29) is 5.82 Å². The van der Waals surface area contributed by atoms with Crippen molar-refractivity contribution in [2.75, 3.05) is 13.7 Å². The molecule has 0 saturated heterocycles. The fourth-order valence-electron chi connectivity index (χ4n) is 3.33. The van der Waals surface area contributed by atoms with Crippen molar-refractivity contribution < 1.29 is 13.9 Å². The van der Waals surface area contributed by atoms with Gasteiger partial charge in [0.1, 0.15) is 12.4 Å². The lowest BCUT2D eigenvalue weighted by molar-refractivity contribution is 0.284. The molecule has 0 bridgehead atoms. The third kappa shape index (κ3) is 6.08. The second-order valence-corrected chi connectivity index (χ2v) is 7.90. The fourth-order valence-corrected chi connectivity index (χ4v) is 3.79. The van der Waals surface area contributed by atoms with Crippen molar-refractivity contribution in [3.05, 3.63) is 69.5 Å². The second-order valence-electron chi connectivity index (χ2n) is 7.04. The monoisotopic (exact) mass is 447 g/mol. The molecule has 0 aromatic heterocycles. The van der Waals surface area contributed by atoms with Crippen molar-refractivity contribution in [3.63, 3.8) is 0 Å². The molecule has 1 N–H and O–H groups in total. The number of benzene rings is 2. The minimum Gasteiger partial charge on any atom is -0.493 e. The van der Waals surface area contributed by atoms with E-state index >= 15 is 0 Å². The van der Waals surface area contributed by atoms with E-state index in [1.807, 2.05) is 12.1 Å². The summed E-state index contributed by atoms with van der Waals surface area (Å²) in [7, 11) is 1.64. The van der Waals surface area contributed by atoms with Crippen molar-refractivity contribution in [2.45, 2.75) is 45.3 Å². The van der Waals surface area contributed by atoms with Gasteiger partial charge in [-0.25, -0.2) is 4.39 Å². The van der Waals surface area contributed by atoms with Crippen molar-refractivity contribution in [1.82, 2.24) is 5.32 Å². The van der Waals surface area contributed by atoms with Crippen molar-refractivity contribution in [2.24, 2.45) is 0 Å². The largest absolute Gasteiger partial charge is 0.493 e. The van der Waals surface area contributed by atoms with Crippen LogP contribution < -0.4 is 14.8 Å². The van der Waals surface area contributed by atoms with Gasteiger partial charge in [-0.15, -0.1) is 0 Å². The van der Waals surface area contributed by atoms with Crippen LogP contribution in [0.1, 0.15) is 43.2 Å². The van der Waals surface area contributed by atoms with E-state index < -0.39 is 0 Å². The zero-order valence-corrected chi connectivity index (χ0v) is 17.9. The molecule has 0 fully saturated rings. The molecule has 0 aliphatic heterocycles. The van der Waals surface area contributed by atoms with E-state index in [9.17, 15) is 4.39 Å². The maximum absolute atomic E-state index is 13.0. The molecule has 28 heavy (non-hydrogen) atoms. The van der Waals surface area contributed by atoms with Crippen LogP contribution >= 0.6 is 15.9 Å².